The van der Waals surface area contributed by atoms with Crippen LogP contribution in [0.25, 0.3) is 0 Å². The molecule has 0 saturated carbocycles. The molecule has 0 bridgehead atoms. The van der Waals surface area contributed by atoms with Gasteiger partial charge in [-0.3, -0.25) is 29.4 Å². The van der Waals surface area contributed by atoms with Crippen LogP contribution in [0.5, 0.6) is 0 Å². The summed E-state index contributed by atoms with van der Waals surface area (Å²) in [5.74, 6) is -0.921. The third-order valence-electron chi connectivity index (χ3n) is 7.38. The maximum absolute atomic E-state index is 13.1. The van der Waals surface area contributed by atoms with Gasteiger partial charge in [-0.25, -0.2) is 0 Å². The summed E-state index contributed by atoms with van der Waals surface area (Å²) in [7, 11) is 0. The fourth-order valence-corrected chi connectivity index (χ4v) is 5.50. The lowest BCUT2D eigenvalue weighted by atomic mass is 9.80. The Hall–Kier alpha value is -3.36. The van der Waals surface area contributed by atoms with E-state index in [2.05, 4.69) is 40.2 Å². The van der Waals surface area contributed by atoms with E-state index in [0.29, 0.717) is 29.5 Å². The second-order valence-electron chi connectivity index (χ2n) is 9.56. The lowest BCUT2D eigenvalue weighted by molar-refractivity contribution is -0.136. The summed E-state index contributed by atoms with van der Waals surface area (Å²) < 4.78 is 0. The molecule has 0 aromatic heterocycles. The van der Waals surface area contributed by atoms with Crippen LogP contribution >= 0.6 is 0 Å². The lowest BCUT2D eigenvalue weighted by Gasteiger charge is -2.31. The molecule has 0 spiro atoms. The van der Waals surface area contributed by atoms with Gasteiger partial charge in [-0.15, -0.1) is 0 Å². The van der Waals surface area contributed by atoms with Gasteiger partial charge in [-0.1, -0.05) is 36.4 Å². The Labute approximate surface area is 204 Å². The summed E-state index contributed by atoms with van der Waals surface area (Å²) in [6.45, 7) is 3.47. The van der Waals surface area contributed by atoms with Gasteiger partial charge in [0.25, 0.3) is 11.8 Å². The number of carbonyl (C=O) groups excluding carboxylic acids is 4. The molecular formula is C27H30N4O4. The predicted molar refractivity (Wildman–Crippen MR) is 130 cm³/mol. The molecule has 8 nitrogen and oxygen atoms in total. The van der Waals surface area contributed by atoms with Crippen molar-refractivity contribution in [3.05, 3.63) is 70.8 Å². The van der Waals surface area contributed by atoms with Crippen molar-refractivity contribution < 1.29 is 19.2 Å². The number of piperidine rings is 2. The lowest BCUT2D eigenvalue weighted by Crippen LogP contribution is -2.54. The average Bonchev–Trinajstić information content (AvgIpc) is 3.12. The highest BCUT2D eigenvalue weighted by atomic mass is 16.2. The normalized spacial score (nSPS) is 21.7. The SMILES string of the molecule is O=C1CCC(N2C(=O)c3ccc(CNCC(c4ccccc4)C4CCNCC4)cc3C2=O)C(=O)N1. The number of hydrogen-bond donors (Lipinski definition) is 3. The summed E-state index contributed by atoms with van der Waals surface area (Å²) in [5.41, 5.74) is 2.87. The summed E-state index contributed by atoms with van der Waals surface area (Å²) in [6.07, 6.45) is 2.56. The van der Waals surface area contributed by atoms with E-state index in [9.17, 15) is 19.2 Å². The van der Waals surface area contributed by atoms with E-state index in [0.717, 1.165) is 42.9 Å². The van der Waals surface area contributed by atoms with E-state index in [1.54, 1.807) is 12.1 Å². The zero-order valence-electron chi connectivity index (χ0n) is 19.6. The predicted octanol–water partition coefficient (Wildman–Crippen LogP) is 1.96. The van der Waals surface area contributed by atoms with Crippen molar-refractivity contribution >= 4 is 23.6 Å². The van der Waals surface area contributed by atoms with Crippen LogP contribution < -0.4 is 16.0 Å². The first-order chi connectivity index (χ1) is 17.0. The summed E-state index contributed by atoms with van der Waals surface area (Å²) in [4.78, 5) is 50.7. The fourth-order valence-electron chi connectivity index (χ4n) is 5.50. The van der Waals surface area contributed by atoms with E-state index in [1.165, 1.54) is 5.56 Å². The van der Waals surface area contributed by atoms with Gasteiger partial charge in [-0.2, -0.15) is 0 Å². The van der Waals surface area contributed by atoms with E-state index >= 15 is 0 Å². The zero-order chi connectivity index (χ0) is 24.4. The molecule has 3 N–H and O–H groups in total. The van der Waals surface area contributed by atoms with Crippen molar-refractivity contribution in [3.63, 3.8) is 0 Å². The average molecular weight is 475 g/mol. The van der Waals surface area contributed by atoms with E-state index in [4.69, 9.17) is 0 Å². The Morgan fingerprint density at radius 1 is 0.914 bits per heavy atom. The second-order valence-corrected chi connectivity index (χ2v) is 9.56. The maximum atomic E-state index is 13.1. The van der Waals surface area contributed by atoms with Crippen LogP contribution in [0.4, 0.5) is 0 Å². The molecular weight excluding hydrogens is 444 g/mol. The molecule has 0 aliphatic carbocycles. The van der Waals surface area contributed by atoms with Gasteiger partial charge >= 0.3 is 0 Å². The third kappa shape index (κ3) is 4.76. The van der Waals surface area contributed by atoms with Crippen molar-refractivity contribution in [2.24, 2.45) is 5.92 Å². The molecule has 4 amide bonds. The molecule has 3 heterocycles. The molecule has 2 fully saturated rings. The van der Waals surface area contributed by atoms with Gasteiger partial charge in [0, 0.05) is 19.5 Å². The fraction of sp³-hybridized carbons (Fsp3) is 0.407. The first-order valence-corrected chi connectivity index (χ1v) is 12.3. The highest BCUT2D eigenvalue weighted by Gasteiger charge is 2.44. The largest absolute Gasteiger partial charge is 0.317 e. The van der Waals surface area contributed by atoms with Crippen LogP contribution in [0.3, 0.4) is 0 Å². The molecule has 3 aliphatic rings. The number of imide groups is 2. The number of benzene rings is 2. The number of amides is 4. The highest BCUT2D eigenvalue weighted by Crippen LogP contribution is 2.31. The molecule has 2 saturated heterocycles. The van der Waals surface area contributed by atoms with E-state index in [1.807, 2.05) is 12.1 Å². The molecule has 2 atom stereocenters. The molecule has 8 heteroatoms. The molecule has 2 unspecified atom stereocenters. The standard InChI is InChI=1S/C27H30N4O4/c32-24-9-8-23(25(33)30-24)31-26(34)20-7-6-17(14-21(20)27(31)35)15-29-16-22(18-4-2-1-3-5-18)19-10-12-28-13-11-19/h1-7,14,19,22-23,28-29H,8-13,15-16H2,(H,30,32,33). The molecule has 2 aromatic rings. The Morgan fingerprint density at radius 3 is 2.40 bits per heavy atom. The van der Waals surface area contributed by atoms with Gasteiger partial charge in [0.2, 0.25) is 11.8 Å². The Kier molecular flexibility index (Phi) is 6.74. The summed E-state index contributed by atoms with van der Waals surface area (Å²) in [5, 5.41) is 9.24. The highest BCUT2D eigenvalue weighted by molar-refractivity contribution is 6.23. The van der Waals surface area contributed by atoms with Crippen molar-refractivity contribution in [3.8, 4) is 0 Å². The summed E-state index contributed by atoms with van der Waals surface area (Å²) >= 11 is 0. The number of rotatable bonds is 7. The van der Waals surface area contributed by atoms with E-state index in [-0.39, 0.29) is 18.7 Å². The minimum absolute atomic E-state index is 0.110. The maximum Gasteiger partial charge on any atom is 0.262 e. The number of nitrogens with zero attached hydrogens (tertiary/aromatic N) is 1. The number of nitrogens with one attached hydrogen (secondary N) is 3. The monoisotopic (exact) mass is 474 g/mol. The zero-order valence-corrected chi connectivity index (χ0v) is 19.6. The number of fused-ring (bicyclic) bond motifs is 1. The second kappa shape index (κ2) is 10.1. The van der Waals surface area contributed by atoms with Gasteiger partial charge in [0.15, 0.2) is 0 Å². The number of hydrogen-bond acceptors (Lipinski definition) is 6. The van der Waals surface area contributed by atoms with Crippen LogP contribution in [0.2, 0.25) is 0 Å². The minimum Gasteiger partial charge on any atom is -0.317 e. The molecule has 3 aliphatic heterocycles. The molecule has 2 aromatic carbocycles. The van der Waals surface area contributed by atoms with E-state index < -0.39 is 23.8 Å². The first-order valence-electron chi connectivity index (χ1n) is 12.3. The van der Waals surface area contributed by atoms with Gasteiger partial charge in [0.05, 0.1) is 11.1 Å². The van der Waals surface area contributed by atoms with Gasteiger partial charge < -0.3 is 10.6 Å². The molecule has 182 valence electrons. The first kappa shape index (κ1) is 23.4. The van der Waals surface area contributed by atoms with Crippen LogP contribution in [0.15, 0.2) is 48.5 Å². The smallest absolute Gasteiger partial charge is 0.262 e. The van der Waals surface area contributed by atoms with Gasteiger partial charge in [-0.05, 0) is 67.4 Å². The van der Waals surface area contributed by atoms with Gasteiger partial charge in [0.1, 0.15) is 6.04 Å². The minimum atomic E-state index is -0.946. The molecule has 5 rings (SSSR count). The van der Waals surface area contributed by atoms with Crippen LogP contribution in [-0.2, 0) is 16.1 Å². The summed E-state index contributed by atoms with van der Waals surface area (Å²) in [6, 6.07) is 14.9. The number of carbonyl (C=O) groups is 4. The quantitative estimate of drug-likeness (QED) is 0.530. The third-order valence-corrected chi connectivity index (χ3v) is 7.38. The van der Waals surface area contributed by atoms with Crippen LogP contribution in [-0.4, -0.2) is 54.2 Å². The Bertz CT molecular complexity index is 1140. The Balaban J connectivity index is 1.27. The molecule has 0 radical (unpaired) electrons. The van der Waals surface area contributed by atoms with Crippen molar-refractivity contribution in [1.82, 2.24) is 20.9 Å². The van der Waals surface area contributed by atoms with Crippen molar-refractivity contribution in [2.75, 3.05) is 19.6 Å². The topological polar surface area (TPSA) is 108 Å². The van der Waals surface area contributed by atoms with Crippen LogP contribution in [0, 0.1) is 5.92 Å². The van der Waals surface area contributed by atoms with Crippen molar-refractivity contribution in [2.45, 2.75) is 44.2 Å². The molecule has 35 heavy (non-hydrogen) atoms. The Morgan fingerprint density at radius 2 is 1.66 bits per heavy atom. The van der Waals surface area contributed by atoms with Crippen LogP contribution in [0.1, 0.15) is 63.4 Å². The van der Waals surface area contributed by atoms with Crippen molar-refractivity contribution in [1.29, 1.82) is 0 Å².